The second-order valence-electron chi connectivity index (χ2n) is 6.91. The lowest BCUT2D eigenvalue weighted by Gasteiger charge is -2.18. The zero-order valence-corrected chi connectivity index (χ0v) is 18.0. The van der Waals surface area contributed by atoms with Crippen LogP contribution in [0.1, 0.15) is 19.3 Å². The van der Waals surface area contributed by atoms with E-state index >= 15 is 0 Å². The van der Waals surface area contributed by atoms with Crippen LogP contribution < -0.4 is 14.4 Å². The molecule has 1 aromatic carbocycles. The van der Waals surface area contributed by atoms with Crippen molar-refractivity contribution < 1.29 is 22.7 Å². The number of nitrogens with zero attached hydrogens (tertiary/aromatic N) is 1. The van der Waals surface area contributed by atoms with Gasteiger partial charge in [0.2, 0.25) is 0 Å². The predicted molar refractivity (Wildman–Crippen MR) is 113 cm³/mol. The molecule has 1 amide bonds. The number of thiophene rings is 1. The zero-order valence-electron chi connectivity index (χ0n) is 16.4. The van der Waals surface area contributed by atoms with E-state index in [1.165, 1.54) is 35.5 Å². The number of rotatable bonds is 12. The average molecular weight is 439 g/mol. The number of carbonyl (C=O) groups excluding carboxylic acids is 1. The summed E-state index contributed by atoms with van der Waals surface area (Å²) in [7, 11) is -2.06. The second kappa shape index (κ2) is 10.1. The van der Waals surface area contributed by atoms with Crippen molar-refractivity contribution in [2.45, 2.75) is 23.5 Å². The topological polar surface area (TPSA) is 84.9 Å². The lowest BCUT2D eigenvalue weighted by atomic mass is 10.3. The molecule has 29 heavy (non-hydrogen) atoms. The van der Waals surface area contributed by atoms with E-state index in [0.717, 1.165) is 18.9 Å². The molecule has 1 N–H and O–H groups in total. The molecule has 1 fully saturated rings. The lowest BCUT2D eigenvalue weighted by Crippen LogP contribution is -2.30. The Morgan fingerprint density at radius 1 is 1.24 bits per heavy atom. The third-order valence-corrected chi connectivity index (χ3v) is 7.68. The summed E-state index contributed by atoms with van der Waals surface area (Å²) < 4.78 is 37.6. The SMILES string of the molecule is CN(c1ccc(OCC(=O)NCCCOCC2CC2)cc1)S(=O)(=O)c1cccs1. The van der Waals surface area contributed by atoms with Crippen molar-refractivity contribution in [3.05, 3.63) is 41.8 Å². The third-order valence-electron chi connectivity index (χ3n) is 4.52. The molecule has 1 aliphatic carbocycles. The van der Waals surface area contributed by atoms with Crippen molar-refractivity contribution in [3.63, 3.8) is 0 Å². The summed E-state index contributed by atoms with van der Waals surface area (Å²) in [5.41, 5.74) is 0.515. The second-order valence-corrected chi connectivity index (χ2v) is 10.1. The van der Waals surface area contributed by atoms with Gasteiger partial charge in [-0.25, -0.2) is 8.42 Å². The van der Waals surface area contributed by atoms with Crippen LogP contribution in [-0.4, -0.2) is 47.7 Å². The van der Waals surface area contributed by atoms with Gasteiger partial charge in [0.25, 0.3) is 15.9 Å². The highest BCUT2D eigenvalue weighted by atomic mass is 32.2. The molecule has 9 heteroatoms. The Balaban J connectivity index is 1.39. The van der Waals surface area contributed by atoms with E-state index in [1.54, 1.807) is 41.8 Å². The Kier molecular flexibility index (Phi) is 7.51. The Labute approximate surface area is 175 Å². The van der Waals surface area contributed by atoms with Crippen LogP contribution in [0.15, 0.2) is 46.0 Å². The third kappa shape index (κ3) is 6.45. The summed E-state index contributed by atoms with van der Waals surface area (Å²) in [4.78, 5) is 11.8. The van der Waals surface area contributed by atoms with E-state index in [2.05, 4.69) is 5.32 Å². The van der Waals surface area contributed by atoms with E-state index < -0.39 is 10.0 Å². The molecule has 7 nitrogen and oxygen atoms in total. The molecular weight excluding hydrogens is 412 g/mol. The normalized spacial score (nSPS) is 13.8. The minimum Gasteiger partial charge on any atom is -0.484 e. The maximum Gasteiger partial charge on any atom is 0.273 e. The van der Waals surface area contributed by atoms with E-state index in [1.807, 2.05) is 0 Å². The van der Waals surface area contributed by atoms with Gasteiger partial charge in [0.1, 0.15) is 9.96 Å². The Morgan fingerprint density at radius 2 is 2.00 bits per heavy atom. The number of anilines is 1. The van der Waals surface area contributed by atoms with Gasteiger partial charge in [0.05, 0.1) is 5.69 Å². The van der Waals surface area contributed by atoms with Crippen molar-refractivity contribution in [2.75, 3.05) is 37.7 Å². The minimum atomic E-state index is -3.57. The Morgan fingerprint density at radius 3 is 2.66 bits per heavy atom. The number of amides is 1. The molecule has 0 radical (unpaired) electrons. The van der Waals surface area contributed by atoms with Crippen LogP contribution in [-0.2, 0) is 19.6 Å². The first-order valence-electron chi connectivity index (χ1n) is 9.56. The fraction of sp³-hybridized carbons (Fsp3) is 0.450. The van der Waals surface area contributed by atoms with Crippen LogP contribution >= 0.6 is 11.3 Å². The maximum atomic E-state index is 12.5. The number of sulfonamides is 1. The summed E-state index contributed by atoms with van der Waals surface area (Å²) >= 11 is 1.18. The quantitative estimate of drug-likeness (QED) is 0.515. The van der Waals surface area contributed by atoms with Gasteiger partial charge in [0, 0.05) is 26.8 Å². The number of nitrogens with one attached hydrogen (secondary N) is 1. The zero-order chi connectivity index (χ0) is 20.7. The van der Waals surface area contributed by atoms with Crippen LogP contribution in [0, 0.1) is 5.92 Å². The summed E-state index contributed by atoms with van der Waals surface area (Å²) in [5.74, 6) is 1.05. The monoisotopic (exact) mass is 438 g/mol. The van der Waals surface area contributed by atoms with Gasteiger partial charge in [-0.1, -0.05) is 6.07 Å². The molecule has 2 aromatic rings. The number of benzene rings is 1. The molecule has 0 aliphatic heterocycles. The van der Waals surface area contributed by atoms with Crippen LogP contribution in [0.25, 0.3) is 0 Å². The molecule has 3 rings (SSSR count). The highest BCUT2D eigenvalue weighted by Gasteiger charge is 2.22. The van der Waals surface area contributed by atoms with E-state index in [9.17, 15) is 13.2 Å². The minimum absolute atomic E-state index is 0.0917. The summed E-state index contributed by atoms with van der Waals surface area (Å²) in [6.07, 6.45) is 3.32. The van der Waals surface area contributed by atoms with Crippen LogP contribution in [0.2, 0.25) is 0 Å². The van der Waals surface area contributed by atoms with Crippen molar-refractivity contribution in [1.29, 1.82) is 0 Å². The van der Waals surface area contributed by atoms with E-state index in [-0.39, 0.29) is 16.7 Å². The Bertz CT molecular complexity index is 878. The molecule has 0 unspecified atom stereocenters. The first kappa shape index (κ1) is 21.6. The standard InChI is InChI=1S/C20H26N2O5S2/c1-22(29(24,25)20-4-2-13-28-20)17-7-9-18(10-8-17)27-15-19(23)21-11-3-12-26-14-16-5-6-16/h2,4,7-10,13,16H,3,5-6,11-12,14-15H2,1H3,(H,21,23). The van der Waals surface area contributed by atoms with Crippen LogP contribution in [0.4, 0.5) is 5.69 Å². The first-order valence-corrected chi connectivity index (χ1v) is 11.9. The first-order chi connectivity index (χ1) is 14.0. The molecule has 0 saturated heterocycles. The van der Waals surface area contributed by atoms with Gasteiger partial charge in [0.15, 0.2) is 6.61 Å². The smallest absolute Gasteiger partial charge is 0.273 e. The fourth-order valence-corrected chi connectivity index (χ4v) is 4.93. The number of ether oxygens (including phenoxy) is 2. The number of carbonyl (C=O) groups is 1. The van der Waals surface area contributed by atoms with Crippen LogP contribution in [0.3, 0.4) is 0 Å². The van der Waals surface area contributed by atoms with Gasteiger partial charge in [-0.3, -0.25) is 9.10 Å². The molecule has 0 atom stereocenters. The van der Waals surface area contributed by atoms with Gasteiger partial charge < -0.3 is 14.8 Å². The maximum absolute atomic E-state index is 12.5. The summed E-state index contributed by atoms with van der Waals surface area (Å²) in [5, 5.41) is 4.52. The molecule has 0 bridgehead atoms. The van der Waals surface area contributed by atoms with Gasteiger partial charge in [-0.05, 0) is 60.9 Å². The summed E-state index contributed by atoms with van der Waals surface area (Å²) in [6.45, 7) is 1.95. The number of hydrogen-bond donors (Lipinski definition) is 1. The van der Waals surface area contributed by atoms with Crippen LogP contribution in [0.5, 0.6) is 5.75 Å². The average Bonchev–Trinajstić information content (AvgIpc) is 3.37. The van der Waals surface area contributed by atoms with Crippen molar-refractivity contribution >= 4 is 33.0 Å². The molecule has 1 heterocycles. The molecule has 1 saturated carbocycles. The van der Waals surface area contributed by atoms with Gasteiger partial charge in [-0.15, -0.1) is 11.3 Å². The van der Waals surface area contributed by atoms with Crippen molar-refractivity contribution in [3.8, 4) is 5.75 Å². The van der Waals surface area contributed by atoms with E-state index in [0.29, 0.717) is 24.6 Å². The molecular formula is C20H26N2O5S2. The molecule has 158 valence electrons. The molecule has 1 aromatic heterocycles. The largest absolute Gasteiger partial charge is 0.484 e. The summed E-state index contributed by atoms with van der Waals surface area (Å²) in [6, 6.07) is 9.87. The molecule has 1 aliphatic rings. The highest BCUT2D eigenvalue weighted by molar-refractivity contribution is 7.94. The highest BCUT2D eigenvalue weighted by Crippen LogP contribution is 2.28. The fourth-order valence-electron chi connectivity index (χ4n) is 2.57. The van der Waals surface area contributed by atoms with Crippen molar-refractivity contribution in [2.24, 2.45) is 5.92 Å². The lowest BCUT2D eigenvalue weighted by molar-refractivity contribution is -0.123. The Hall–Kier alpha value is -2.10. The van der Waals surface area contributed by atoms with E-state index in [4.69, 9.17) is 9.47 Å². The van der Waals surface area contributed by atoms with Gasteiger partial charge >= 0.3 is 0 Å². The molecule has 0 spiro atoms. The van der Waals surface area contributed by atoms with Gasteiger partial charge in [-0.2, -0.15) is 0 Å². The number of hydrogen-bond acceptors (Lipinski definition) is 6. The van der Waals surface area contributed by atoms with Crippen molar-refractivity contribution in [1.82, 2.24) is 5.32 Å². The predicted octanol–water partition coefficient (Wildman–Crippen LogP) is 2.88.